The van der Waals surface area contributed by atoms with E-state index in [1.165, 1.54) is 11.3 Å². The van der Waals surface area contributed by atoms with Gasteiger partial charge in [-0.1, -0.05) is 25.4 Å². The maximum absolute atomic E-state index is 12.2. The Labute approximate surface area is 133 Å². The maximum atomic E-state index is 12.2. The van der Waals surface area contributed by atoms with E-state index >= 15 is 0 Å². The average Bonchev–Trinajstić information content (AvgIpc) is 3.05. The minimum absolute atomic E-state index is 0.116. The minimum Gasteiger partial charge on any atom is -0.347 e. The van der Waals surface area contributed by atoms with E-state index in [1.807, 2.05) is 11.6 Å². The number of hydrogen-bond acceptors (Lipinski definition) is 4. The molecule has 7 heteroatoms. The highest BCUT2D eigenvalue weighted by atomic mass is 35.5. The summed E-state index contributed by atoms with van der Waals surface area (Å²) < 4.78 is 2.43. The van der Waals surface area contributed by atoms with Crippen LogP contribution in [0.4, 0.5) is 0 Å². The van der Waals surface area contributed by atoms with Gasteiger partial charge in [0.05, 0.1) is 24.3 Å². The van der Waals surface area contributed by atoms with Crippen LogP contribution in [0, 0.1) is 6.92 Å². The Morgan fingerprint density at radius 2 is 2.14 bits per heavy atom. The Balaban J connectivity index is 2.06. The van der Waals surface area contributed by atoms with E-state index in [2.05, 4.69) is 29.2 Å². The standard InChI is InChI=1S/C14H19ClN4OS/c1-4-10(5-2)19-9(3)12(8-18-19)13(20)16-6-11-7-17-14(15)21-11/h7-8,10H,4-6H2,1-3H3,(H,16,20). The second-order valence-electron chi connectivity index (χ2n) is 4.82. The predicted molar refractivity (Wildman–Crippen MR) is 84.9 cm³/mol. The fourth-order valence-corrected chi connectivity index (χ4v) is 3.19. The molecule has 1 N–H and O–H groups in total. The average molecular weight is 327 g/mol. The summed E-state index contributed by atoms with van der Waals surface area (Å²) in [7, 11) is 0. The maximum Gasteiger partial charge on any atom is 0.255 e. The van der Waals surface area contributed by atoms with E-state index in [9.17, 15) is 4.79 Å². The SMILES string of the molecule is CCC(CC)n1ncc(C(=O)NCc2cnc(Cl)s2)c1C. The van der Waals surface area contributed by atoms with Gasteiger partial charge < -0.3 is 5.32 Å². The Morgan fingerprint density at radius 3 is 2.71 bits per heavy atom. The van der Waals surface area contributed by atoms with Crippen molar-refractivity contribution in [3.8, 4) is 0 Å². The molecule has 0 saturated heterocycles. The molecule has 0 radical (unpaired) electrons. The van der Waals surface area contributed by atoms with Gasteiger partial charge in [-0.15, -0.1) is 11.3 Å². The van der Waals surface area contributed by atoms with Crippen LogP contribution < -0.4 is 5.32 Å². The zero-order chi connectivity index (χ0) is 15.4. The van der Waals surface area contributed by atoms with Crippen LogP contribution in [0.25, 0.3) is 0 Å². The lowest BCUT2D eigenvalue weighted by molar-refractivity contribution is 0.0950. The molecule has 0 spiro atoms. The first kappa shape index (κ1) is 16.0. The summed E-state index contributed by atoms with van der Waals surface area (Å²) in [5, 5.41) is 7.24. The van der Waals surface area contributed by atoms with Gasteiger partial charge in [0.25, 0.3) is 5.91 Å². The van der Waals surface area contributed by atoms with Crippen molar-refractivity contribution < 1.29 is 4.79 Å². The first-order valence-electron chi connectivity index (χ1n) is 6.99. The van der Waals surface area contributed by atoms with E-state index in [0.29, 0.717) is 22.6 Å². The number of nitrogens with zero attached hydrogens (tertiary/aromatic N) is 3. The third-order valence-corrected chi connectivity index (χ3v) is 4.64. The molecule has 0 saturated carbocycles. The number of halogens is 1. The summed E-state index contributed by atoms with van der Waals surface area (Å²) in [6.07, 6.45) is 5.31. The van der Waals surface area contributed by atoms with Crippen LogP contribution in [0.5, 0.6) is 0 Å². The molecule has 0 aromatic carbocycles. The number of amides is 1. The monoisotopic (exact) mass is 326 g/mol. The molecule has 1 amide bonds. The van der Waals surface area contributed by atoms with Crippen molar-refractivity contribution in [3.05, 3.63) is 33.0 Å². The van der Waals surface area contributed by atoms with Crippen molar-refractivity contribution in [1.29, 1.82) is 0 Å². The molecular weight excluding hydrogens is 308 g/mol. The van der Waals surface area contributed by atoms with E-state index in [-0.39, 0.29) is 5.91 Å². The van der Waals surface area contributed by atoms with Crippen LogP contribution in [0.1, 0.15) is 53.7 Å². The van der Waals surface area contributed by atoms with Crippen molar-refractivity contribution >= 4 is 28.8 Å². The zero-order valence-electron chi connectivity index (χ0n) is 12.4. The molecule has 0 aliphatic heterocycles. The third kappa shape index (κ3) is 3.63. The number of rotatable bonds is 6. The number of nitrogens with one attached hydrogen (secondary N) is 1. The highest BCUT2D eigenvalue weighted by molar-refractivity contribution is 7.15. The molecule has 2 aromatic heterocycles. The van der Waals surface area contributed by atoms with E-state index in [1.54, 1.807) is 12.4 Å². The number of carbonyl (C=O) groups excluding carboxylic acids is 1. The van der Waals surface area contributed by atoms with Gasteiger partial charge in [-0.2, -0.15) is 5.10 Å². The Bertz CT molecular complexity index is 618. The lowest BCUT2D eigenvalue weighted by Crippen LogP contribution is -2.23. The summed E-state index contributed by atoms with van der Waals surface area (Å²) in [5.74, 6) is -0.116. The molecule has 0 unspecified atom stereocenters. The summed E-state index contributed by atoms with van der Waals surface area (Å²) in [5.41, 5.74) is 1.53. The second kappa shape index (κ2) is 7.04. The number of carbonyl (C=O) groups is 1. The summed E-state index contributed by atoms with van der Waals surface area (Å²) in [6.45, 7) is 6.62. The van der Waals surface area contributed by atoms with E-state index < -0.39 is 0 Å². The van der Waals surface area contributed by atoms with E-state index in [4.69, 9.17) is 11.6 Å². The Morgan fingerprint density at radius 1 is 1.43 bits per heavy atom. The normalized spacial score (nSPS) is 11.1. The van der Waals surface area contributed by atoms with E-state index in [0.717, 1.165) is 23.4 Å². The molecule has 2 rings (SSSR count). The van der Waals surface area contributed by atoms with Crippen LogP contribution in [-0.2, 0) is 6.54 Å². The molecule has 0 atom stereocenters. The molecule has 0 aliphatic carbocycles. The summed E-state index contributed by atoms with van der Waals surface area (Å²) >= 11 is 7.13. The van der Waals surface area contributed by atoms with Gasteiger partial charge in [-0.3, -0.25) is 9.48 Å². The lowest BCUT2D eigenvalue weighted by atomic mass is 10.1. The van der Waals surface area contributed by atoms with Crippen molar-refractivity contribution in [3.63, 3.8) is 0 Å². The van der Waals surface area contributed by atoms with Crippen LogP contribution >= 0.6 is 22.9 Å². The summed E-state index contributed by atoms with van der Waals surface area (Å²) in [6, 6.07) is 0.340. The molecular formula is C14H19ClN4OS. The highest BCUT2D eigenvalue weighted by Crippen LogP contribution is 2.20. The Hall–Kier alpha value is -1.40. The molecule has 0 aliphatic rings. The topological polar surface area (TPSA) is 59.8 Å². The van der Waals surface area contributed by atoms with Crippen LogP contribution in [0.3, 0.4) is 0 Å². The lowest BCUT2D eigenvalue weighted by Gasteiger charge is -2.15. The van der Waals surface area contributed by atoms with Crippen molar-refractivity contribution in [2.24, 2.45) is 0 Å². The predicted octanol–water partition coefficient (Wildman–Crippen LogP) is 3.59. The fourth-order valence-electron chi connectivity index (χ4n) is 2.28. The van der Waals surface area contributed by atoms with Gasteiger partial charge >= 0.3 is 0 Å². The van der Waals surface area contributed by atoms with Gasteiger partial charge in [0, 0.05) is 16.8 Å². The molecule has 0 fully saturated rings. The van der Waals surface area contributed by atoms with Crippen LogP contribution in [0.15, 0.2) is 12.4 Å². The molecule has 21 heavy (non-hydrogen) atoms. The fraction of sp³-hybridized carbons (Fsp3) is 0.500. The van der Waals surface area contributed by atoms with Gasteiger partial charge in [-0.25, -0.2) is 4.98 Å². The van der Waals surface area contributed by atoms with Gasteiger partial charge in [0.1, 0.15) is 0 Å². The van der Waals surface area contributed by atoms with Gasteiger partial charge in [0.15, 0.2) is 4.47 Å². The highest BCUT2D eigenvalue weighted by Gasteiger charge is 2.17. The molecule has 0 bridgehead atoms. The largest absolute Gasteiger partial charge is 0.347 e. The first-order chi connectivity index (χ1) is 10.1. The Kier molecular flexibility index (Phi) is 5.36. The molecule has 5 nitrogen and oxygen atoms in total. The van der Waals surface area contributed by atoms with Crippen LogP contribution in [0.2, 0.25) is 4.47 Å². The number of thiazole rings is 1. The third-order valence-electron chi connectivity index (χ3n) is 3.53. The van der Waals surface area contributed by atoms with Gasteiger partial charge in [0.2, 0.25) is 0 Å². The minimum atomic E-state index is -0.116. The number of hydrogen-bond donors (Lipinski definition) is 1. The van der Waals surface area contributed by atoms with Crippen LogP contribution in [-0.4, -0.2) is 20.7 Å². The van der Waals surface area contributed by atoms with Gasteiger partial charge in [-0.05, 0) is 19.8 Å². The van der Waals surface area contributed by atoms with Crippen molar-refractivity contribution in [1.82, 2.24) is 20.1 Å². The number of aromatic nitrogens is 3. The smallest absolute Gasteiger partial charge is 0.255 e. The van der Waals surface area contributed by atoms with Crippen molar-refractivity contribution in [2.45, 2.75) is 46.2 Å². The quantitative estimate of drug-likeness (QED) is 0.882. The summed E-state index contributed by atoms with van der Waals surface area (Å²) in [4.78, 5) is 17.1. The molecule has 2 heterocycles. The second-order valence-corrected chi connectivity index (χ2v) is 6.52. The zero-order valence-corrected chi connectivity index (χ0v) is 14.0. The molecule has 114 valence electrons. The first-order valence-corrected chi connectivity index (χ1v) is 8.18. The molecule has 2 aromatic rings. The van der Waals surface area contributed by atoms with Crippen molar-refractivity contribution in [2.75, 3.05) is 0 Å².